The van der Waals surface area contributed by atoms with Crippen LogP contribution in [0.2, 0.25) is 0 Å². The van der Waals surface area contributed by atoms with E-state index < -0.39 is 0 Å². The van der Waals surface area contributed by atoms with Crippen molar-refractivity contribution in [1.82, 2.24) is 10.3 Å². The molecule has 2 rings (SSSR count). The van der Waals surface area contributed by atoms with Crippen LogP contribution in [-0.2, 0) is 0 Å². The molecule has 20 heavy (non-hydrogen) atoms. The van der Waals surface area contributed by atoms with Gasteiger partial charge in [0.05, 0.1) is 17.6 Å². The molecule has 1 saturated carbocycles. The molecule has 3 nitrogen and oxygen atoms in total. The Morgan fingerprint density at radius 3 is 2.65 bits per heavy atom. The summed E-state index contributed by atoms with van der Waals surface area (Å²) >= 11 is 0. The van der Waals surface area contributed by atoms with Crippen LogP contribution in [0.25, 0.3) is 0 Å². The van der Waals surface area contributed by atoms with Crippen LogP contribution in [0, 0.1) is 5.92 Å². The first-order chi connectivity index (χ1) is 9.70. The van der Waals surface area contributed by atoms with Crippen molar-refractivity contribution in [3.05, 3.63) is 24.0 Å². The third-order valence-electron chi connectivity index (χ3n) is 4.42. The van der Waals surface area contributed by atoms with Crippen molar-refractivity contribution in [2.75, 3.05) is 25.0 Å². The molecule has 1 aliphatic carbocycles. The normalized spacial score (nSPS) is 17.9. The number of nitrogens with zero attached hydrogens (tertiary/aromatic N) is 2. The van der Waals surface area contributed by atoms with Crippen LogP contribution in [0.5, 0.6) is 0 Å². The van der Waals surface area contributed by atoms with Gasteiger partial charge in [-0.3, -0.25) is 4.98 Å². The lowest BCUT2D eigenvalue weighted by molar-refractivity contribution is 0.362. The Kier molecular flexibility index (Phi) is 5.84. The highest BCUT2D eigenvalue weighted by Gasteiger charge is 2.16. The van der Waals surface area contributed by atoms with Crippen molar-refractivity contribution < 1.29 is 0 Å². The maximum atomic E-state index is 4.61. The van der Waals surface area contributed by atoms with Crippen molar-refractivity contribution in [3.63, 3.8) is 0 Å². The van der Waals surface area contributed by atoms with E-state index in [2.05, 4.69) is 48.2 Å². The molecular weight excluding hydrogens is 246 g/mol. The van der Waals surface area contributed by atoms with Gasteiger partial charge < -0.3 is 10.2 Å². The number of nitrogens with one attached hydrogen (secondary N) is 1. The summed E-state index contributed by atoms with van der Waals surface area (Å²) in [6.07, 6.45) is 9.07. The van der Waals surface area contributed by atoms with Gasteiger partial charge in [0.2, 0.25) is 0 Å². The van der Waals surface area contributed by atoms with E-state index >= 15 is 0 Å². The minimum atomic E-state index is 0.331. The molecule has 0 bridgehead atoms. The van der Waals surface area contributed by atoms with E-state index in [1.807, 2.05) is 6.20 Å². The number of hydrogen-bond donors (Lipinski definition) is 1. The molecule has 112 valence electrons. The summed E-state index contributed by atoms with van der Waals surface area (Å²) in [7, 11) is 2.19. The van der Waals surface area contributed by atoms with Gasteiger partial charge in [0, 0.05) is 19.6 Å². The Morgan fingerprint density at radius 2 is 2.05 bits per heavy atom. The van der Waals surface area contributed by atoms with E-state index in [4.69, 9.17) is 0 Å². The third kappa shape index (κ3) is 4.20. The predicted octanol–water partition coefficient (Wildman–Crippen LogP) is 3.77. The lowest BCUT2D eigenvalue weighted by atomic mass is 9.89. The quantitative estimate of drug-likeness (QED) is 0.856. The zero-order valence-electron chi connectivity index (χ0n) is 13.2. The van der Waals surface area contributed by atoms with Gasteiger partial charge >= 0.3 is 0 Å². The number of pyridine rings is 1. The van der Waals surface area contributed by atoms with E-state index in [0.717, 1.165) is 18.2 Å². The zero-order chi connectivity index (χ0) is 14.4. The summed E-state index contributed by atoms with van der Waals surface area (Å²) in [6, 6.07) is 4.69. The molecule has 0 radical (unpaired) electrons. The molecule has 1 fully saturated rings. The number of aromatic nitrogens is 1. The molecule has 0 aliphatic heterocycles. The van der Waals surface area contributed by atoms with Crippen LogP contribution in [0.15, 0.2) is 18.3 Å². The molecule has 1 atom stereocenters. The van der Waals surface area contributed by atoms with Gasteiger partial charge in [0.15, 0.2) is 0 Å². The average Bonchev–Trinajstić information content (AvgIpc) is 2.48. The first kappa shape index (κ1) is 15.3. The van der Waals surface area contributed by atoms with Gasteiger partial charge in [-0.05, 0) is 44.4 Å². The maximum absolute atomic E-state index is 4.61. The molecule has 1 aromatic heterocycles. The third-order valence-corrected chi connectivity index (χ3v) is 4.42. The topological polar surface area (TPSA) is 28.2 Å². The smallest absolute Gasteiger partial charge is 0.0572 e. The van der Waals surface area contributed by atoms with Crippen molar-refractivity contribution in [2.45, 2.75) is 52.0 Å². The van der Waals surface area contributed by atoms with Crippen molar-refractivity contribution >= 4 is 5.69 Å². The van der Waals surface area contributed by atoms with Crippen LogP contribution >= 0.6 is 0 Å². The Balaban J connectivity index is 1.91. The Morgan fingerprint density at radius 1 is 1.30 bits per heavy atom. The van der Waals surface area contributed by atoms with Crippen molar-refractivity contribution in [3.8, 4) is 0 Å². The molecule has 1 aliphatic rings. The SMILES string of the molecule is CCNC(C)c1ccc(N(C)CC2CCCCC2)cn1. The molecule has 1 N–H and O–H groups in total. The lowest BCUT2D eigenvalue weighted by Crippen LogP contribution is -2.27. The summed E-state index contributed by atoms with van der Waals surface area (Å²) in [6.45, 7) is 6.44. The molecule has 0 amide bonds. The van der Waals surface area contributed by atoms with Gasteiger partial charge in [-0.2, -0.15) is 0 Å². The molecule has 1 unspecified atom stereocenters. The molecule has 3 heteroatoms. The van der Waals surface area contributed by atoms with Gasteiger partial charge in [0.25, 0.3) is 0 Å². The lowest BCUT2D eigenvalue weighted by Gasteiger charge is -2.28. The largest absolute Gasteiger partial charge is 0.373 e. The molecule has 1 aromatic rings. The fourth-order valence-electron chi connectivity index (χ4n) is 3.15. The molecule has 0 aromatic carbocycles. The van der Waals surface area contributed by atoms with Crippen LogP contribution in [0.1, 0.15) is 57.7 Å². The van der Waals surface area contributed by atoms with Gasteiger partial charge in [-0.25, -0.2) is 0 Å². The minimum Gasteiger partial charge on any atom is -0.373 e. The van der Waals surface area contributed by atoms with E-state index in [-0.39, 0.29) is 0 Å². The number of rotatable bonds is 6. The minimum absolute atomic E-state index is 0.331. The highest BCUT2D eigenvalue weighted by molar-refractivity contribution is 5.43. The van der Waals surface area contributed by atoms with E-state index in [1.54, 1.807) is 0 Å². The van der Waals surface area contributed by atoms with Crippen molar-refractivity contribution in [2.24, 2.45) is 5.92 Å². The van der Waals surface area contributed by atoms with Crippen LogP contribution in [-0.4, -0.2) is 25.1 Å². The summed E-state index contributed by atoms with van der Waals surface area (Å²) in [5.74, 6) is 0.870. The van der Waals surface area contributed by atoms with Gasteiger partial charge in [0.1, 0.15) is 0 Å². The molecular formula is C17H29N3. The second-order valence-corrected chi connectivity index (χ2v) is 6.11. The first-order valence-corrected chi connectivity index (χ1v) is 8.11. The molecule has 0 spiro atoms. The van der Waals surface area contributed by atoms with Gasteiger partial charge in [-0.1, -0.05) is 26.2 Å². The van der Waals surface area contributed by atoms with Crippen LogP contribution in [0.3, 0.4) is 0 Å². The average molecular weight is 275 g/mol. The van der Waals surface area contributed by atoms with E-state index in [1.165, 1.54) is 44.3 Å². The second-order valence-electron chi connectivity index (χ2n) is 6.11. The van der Waals surface area contributed by atoms with Crippen molar-refractivity contribution in [1.29, 1.82) is 0 Å². The van der Waals surface area contributed by atoms with E-state index in [9.17, 15) is 0 Å². The Bertz CT molecular complexity index is 382. The zero-order valence-corrected chi connectivity index (χ0v) is 13.2. The molecule has 0 saturated heterocycles. The Labute approximate surface area is 123 Å². The van der Waals surface area contributed by atoms with E-state index in [0.29, 0.717) is 6.04 Å². The fraction of sp³-hybridized carbons (Fsp3) is 0.706. The predicted molar refractivity (Wildman–Crippen MR) is 86.2 cm³/mol. The summed E-state index contributed by atoms with van der Waals surface area (Å²) in [5.41, 5.74) is 2.37. The summed E-state index contributed by atoms with van der Waals surface area (Å²) < 4.78 is 0. The van der Waals surface area contributed by atoms with Gasteiger partial charge in [-0.15, -0.1) is 0 Å². The fourth-order valence-corrected chi connectivity index (χ4v) is 3.15. The second kappa shape index (κ2) is 7.63. The highest BCUT2D eigenvalue weighted by atomic mass is 15.1. The number of anilines is 1. The van der Waals surface area contributed by atoms with Crippen LogP contribution < -0.4 is 10.2 Å². The van der Waals surface area contributed by atoms with Crippen LogP contribution in [0.4, 0.5) is 5.69 Å². The maximum Gasteiger partial charge on any atom is 0.0572 e. The Hall–Kier alpha value is -1.09. The number of hydrogen-bond acceptors (Lipinski definition) is 3. The first-order valence-electron chi connectivity index (χ1n) is 8.11. The highest BCUT2D eigenvalue weighted by Crippen LogP contribution is 2.25. The standard InChI is InChI=1S/C17H29N3/c1-4-18-14(2)17-11-10-16(12-19-17)20(3)13-15-8-6-5-7-9-15/h10-12,14-15,18H,4-9,13H2,1-3H3. The molecule has 1 heterocycles. The summed E-state index contributed by atoms with van der Waals surface area (Å²) in [4.78, 5) is 6.97. The summed E-state index contributed by atoms with van der Waals surface area (Å²) in [5, 5.41) is 3.40. The monoisotopic (exact) mass is 275 g/mol.